The molecule has 2 aromatic rings. The van der Waals surface area contributed by atoms with E-state index >= 15 is 0 Å². The predicted molar refractivity (Wildman–Crippen MR) is 113 cm³/mol. The number of fused-ring (bicyclic) bond motifs is 1. The zero-order chi connectivity index (χ0) is 24.0. The number of hydrogen-bond acceptors (Lipinski definition) is 4. The maximum Gasteiger partial charge on any atom is 0.490 e. The number of alkyl halides is 3. The molecule has 1 saturated carbocycles. The molecule has 7 nitrogen and oxygen atoms in total. The molecular formula is C23H28F3N3O4. The maximum atomic E-state index is 13.1. The number of amides is 1. The standard InChI is InChI=1S/C21H27N3O2.C2HF3O2/c1-2-26-15-19-21-18(13-22-24(21)14-17-8-9-17)10-11-23(19)20(25)12-16-6-4-3-5-7-16;3-2(4,5)1(6)7/h3-7,13,17,19H,2,8-12,14-15H2,1H3;(H,6,7). The molecule has 33 heavy (non-hydrogen) atoms. The average Bonchev–Trinajstić information content (AvgIpc) is 3.50. The third-order valence-electron chi connectivity index (χ3n) is 5.64. The summed E-state index contributed by atoms with van der Waals surface area (Å²) in [6.45, 7) is 4.91. The lowest BCUT2D eigenvalue weighted by Gasteiger charge is -2.36. The van der Waals surface area contributed by atoms with Crippen LogP contribution in [0.1, 0.15) is 42.6 Å². The Morgan fingerprint density at radius 1 is 1.21 bits per heavy atom. The van der Waals surface area contributed by atoms with Gasteiger partial charge in [-0.25, -0.2) is 4.79 Å². The highest BCUT2D eigenvalue weighted by Gasteiger charge is 2.38. The van der Waals surface area contributed by atoms with E-state index in [-0.39, 0.29) is 11.9 Å². The number of carboxylic acid groups (broad SMARTS) is 1. The molecular weight excluding hydrogens is 439 g/mol. The number of carbonyl (C=O) groups excluding carboxylic acids is 1. The van der Waals surface area contributed by atoms with Crippen molar-refractivity contribution >= 4 is 11.9 Å². The summed E-state index contributed by atoms with van der Waals surface area (Å²) in [5, 5.41) is 11.8. The second kappa shape index (κ2) is 10.8. The van der Waals surface area contributed by atoms with Gasteiger partial charge in [0.05, 0.1) is 31.0 Å². The van der Waals surface area contributed by atoms with Gasteiger partial charge < -0.3 is 14.7 Å². The van der Waals surface area contributed by atoms with Crippen LogP contribution in [0.15, 0.2) is 36.5 Å². The van der Waals surface area contributed by atoms with Crippen LogP contribution < -0.4 is 0 Å². The summed E-state index contributed by atoms with van der Waals surface area (Å²) in [5.74, 6) is -1.83. The van der Waals surface area contributed by atoms with Gasteiger partial charge in [-0.1, -0.05) is 30.3 Å². The van der Waals surface area contributed by atoms with Crippen molar-refractivity contribution in [1.82, 2.24) is 14.7 Å². The van der Waals surface area contributed by atoms with Crippen molar-refractivity contribution in [2.24, 2.45) is 5.92 Å². The van der Waals surface area contributed by atoms with Gasteiger partial charge in [0.2, 0.25) is 5.91 Å². The molecule has 1 N–H and O–H groups in total. The number of hydrogen-bond donors (Lipinski definition) is 1. The lowest BCUT2D eigenvalue weighted by Crippen LogP contribution is -2.43. The Labute approximate surface area is 190 Å². The number of carbonyl (C=O) groups is 2. The van der Waals surface area contributed by atoms with Crippen molar-refractivity contribution in [2.75, 3.05) is 19.8 Å². The van der Waals surface area contributed by atoms with Crippen molar-refractivity contribution in [3.63, 3.8) is 0 Å². The van der Waals surface area contributed by atoms with E-state index in [1.807, 2.05) is 48.4 Å². The molecule has 4 rings (SSSR count). The van der Waals surface area contributed by atoms with E-state index < -0.39 is 12.1 Å². The molecule has 1 fully saturated rings. The number of benzene rings is 1. The highest BCUT2D eigenvalue weighted by atomic mass is 19.4. The first-order valence-corrected chi connectivity index (χ1v) is 11.0. The van der Waals surface area contributed by atoms with E-state index in [1.165, 1.54) is 24.1 Å². The van der Waals surface area contributed by atoms with Crippen molar-refractivity contribution in [3.05, 3.63) is 53.3 Å². The summed E-state index contributed by atoms with van der Waals surface area (Å²) in [7, 11) is 0. The minimum absolute atomic E-state index is 0.0313. The van der Waals surface area contributed by atoms with Gasteiger partial charge in [-0.2, -0.15) is 18.3 Å². The fourth-order valence-corrected chi connectivity index (χ4v) is 3.82. The van der Waals surface area contributed by atoms with Crippen LogP contribution in [-0.2, 0) is 33.7 Å². The van der Waals surface area contributed by atoms with Crippen molar-refractivity contribution in [3.8, 4) is 0 Å². The zero-order valence-corrected chi connectivity index (χ0v) is 18.4. The molecule has 1 atom stereocenters. The monoisotopic (exact) mass is 467 g/mol. The van der Waals surface area contributed by atoms with Gasteiger partial charge in [0.25, 0.3) is 0 Å². The van der Waals surface area contributed by atoms with E-state index in [9.17, 15) is 18.0 Å². The van der Waals surface area contributed by atoms with Crippen molar-refractivity contribution < 1.29 is 32.6 Å². The Morgan fingerprint density at radius 3 is 2.45 bits per heavy atom. The largest absolute Gasteiger partial charge is 0.490 e. The average molecular weight is 467 g/mol. The Bertz CT molecular complexity index is 942. The molecule has 0 bridgehead atoms. The van der Waals surface area contributed by atoms with Crippen LogP contribution in [0, 0.1) is 5.92 Å². The van der Waals surface area contributed by atoms with Gasteiger partial charge >= 0.3 is 12.1 Å². The van der Waals surface area contributed by atoms with Crippen molar-refractivity contribution in [1.29, 1.82) is 0 Å². The number of ether oxygens (including phenoxy) is 1. The molecule has 2 aliphatic rings. The number of aromatic nitrogens is 2. The Kier molecular flexibility index (Phi) is 8.12. The van der Waals surface area contributed by atoms with Gasteiger partial charge in [0.1, 0.15) is 0 Å². The van der Waals surface area contributed by atoms with Gasteiger partial charge in [-0.15, -0.1) is 0 Å². The van der Waals surface area contributed by atoms with Crippen LogP contribution in [0.4, 0.5) is 13.2 Å². The predicted octanol–water partition coefficient (Wildman–Crippen LogP) is 3.63. The summed E-state index contributed by atoms with van der Waals surface area (Å²) < 4.78 is 39.6. The topological polar surface area (TPSA) is 84.7 Å². The summed E-state index contributed by atoms with van der Waals surface area (Å²) in [6.07, 6.45) is 0.817. The normalized spacial score (nSPS) is 17.7. The van der Waals surface area contributed by atoms with Crippen LogP contribution in [0.5, 0.6) is 0 Å². The number of halogens is 3. The molecule has 180 valence electrons. The van der Waals surface area contributed by atoms with Crippen molar-refractivity contribution in [2.45, 2.75) is 51.4 Å². The Balaban J connectivity index is 0.000000383. The first-order chi connectivity index (χ1) is 15.7. The summed E-state index contributed by atoms with van der Waals surface area (Å²) >= 11 is 0. The van der Waals surface area contributed by atoms with Gasteiger partial charge in [0.15, 0.2) is 0 Å². The number of rotatable bonds is 7. The summed E-state index contributed by atoms with van der Waals surface area (Å²) in [4.78, 5) is 24.0. The smallest absolute Gasteiger partial charge is 0.475 e. The minimum Gasteiger partial charge on any atom is -0.475 e. The molecule has 2 heterocycles. The van der Waals surface area contributed by atoms with E-state index in [4.69, 9.17) is 14.6 Å². The molecule has 1 aliphatic carbocycles. The first kappa shape index (κ1) is 24.8. The van der Waals surface area contributed by atoms with E-state index in [1.54, 1.807) is 0 Å². The van der Waals surface area contributed by atoms with Gasteiger partial charge in [-0.3, -0.25) is 9.48 Å². The maximum absolute atomic E-state index is 13.1. The van der Waals surface area contributed by atoms with Crippen LogP contribution in [0.2, 0.25) is 0 Å². The summed E-state index contributed by atoms with van der Waals surface area (Å²) in [6, 6.07) is 9.95. The lowest BCUT2D eigenvalue weighted by atomic mass is 9.98. The second-order valence-corrected chi connectivity index (χ2v) is 8.16. The SMILES string of the molecule is CCOCC1c2c(cnn2CC2CC2)CCN1C(=O)Cc1ccccc1.O=C(O)C(F)(F)F. The zero-order valence-electron chi connectivity index (χ0n) is 18.4. The quantitative estimate of drug-likeness (QED) is 0.672. The fraction of sp³-hybridized carbons (Fsp3) is 0.522. The molecule has 1 unspecified atom stereocenters. The Hall–Kier alpha value is -2.88. The molecule has 1 aromatic heterocycles. The van der Waals surface area contributed by atoms with Gasteiger partial charge in [0, 0.05) is 19.7 Å². The van der Waals surface area contributed by atoms with Gasteiger partial charge in [-0.05, 0) is 43.2 Å². The van der Waals surface area contributed by atoms with E-state index in [0.29, 0.717) is 19.6 Å². The lowest BCUT2D eigenvalue weighted by molar-refractivity contribution is -0.192. The molecule has 1 aromatic carbocycles. The number of nitrogens with zero attached hydrogens (tertiary/aromatic N) is 3. The molecule has 0 radical (unpaired) electrons. The number of aliphatic carboxylic acids is 1. The van der Waals surface area contributed by atoms with E-state index in [2.05, 4.69) is 9.78 Å². The molecule has 0 saturated heterocycles. The number of carboxylic acids is 1. The van der Waals surface area contributed by atoms with Crippen LogP contribution in [0.3, 0.4) is 0 Å². The summed E-state index contributed by atoms with van der Waals surface area (Å²) in [5.41, 5.74) is 3.53. The molecule has 1 aliphatic heterocycles. The highest BCUT2D eigenvalue weighted by Crippen LogP contribution is 2.35. The highest BCUT2D eigenvalue weighted by molar-refractivity contribution is 5.79. The van der Waals surface area contributed by atoms with Crippen LogP contribution in [-0.4, -0.2) is 57.6 Å². The Morgan fingerprint density at radius 2 is 1.88 bits per heavy atom. The third kappa shape index (κ3) is 6.80. The molecule has 10 heteroatoms. The van der Waals surface area contributed by atoms with E-state index in [0.717, 1.165) is 31.0 Å². The molecule has 1 amide bonds. The third-order valence-corrected chi connectivity index (χ3v) is 5.64. The van der Waals surface area contributed by atoms with Crippen LogP contribution in [0.25, 0.3) is 0 Å². The molecule has 0 spiro atoms. The van der Waals surface area contributed by atoms with Crippen LogP contribution >= 0.6 is 0 Å². The minimum atomic E-state index is -5.08. The second-order valence-electron chi connectivity index (χ2n) is 8.16. The first-order valence-electron chi connectivity index (χ1n) is 11.0. The fourth-order valence-electron chi connectivity index (χ4n) is 3.82.